The molecule has 1 heterocycles. The number of anilines is 1. The van der Waals surface area contributed by atoms with E-state index in [0.717, 1.165) is 22.3 Å². The molecule has 20 heavy (non-hydrogen) atoms. The van der Waals surface area contributed by atoms with E-state index in [2.05, 4.69) is 26.1 Å². The summed E-state index contributed by atoms with van der Waals surface area (Å²) < 4.78 is 6.40. The third-order valence-electron chi connectivity index (χ3n) is 3.41. The topological polar surface area (TPSA) is 67.6 Å². The quantitative estimate of drug-likeness (QED) is 0.811. The number of nitrogens with two attached hydrogens (primary N) is 1. The number of benzene rings is 1. The maximum atomic E-state index is 12.1. The van der Waals surface area contributed by atoms with E-state index < -0.39 is 0 Å². The summed E-state index contributed by atoms with van der Waals surface area (Å²) >= 11 is 3.52. The number of carbonyl (C=O) groups excluding carboxylic acids is 1. The Balaban J connectivity index is 2.14. The van der Waals surface area contributed by atoms with Crippen molar-refractivity contribution >= 4 is 27.5 Å². The molecular formula is C14H20BrN3O2. The zero-order valence-electron chi connectivity index (χ0n) is 11.6. The second-order valence-corrected chi connectivity index (χ2v) is 5.62. The number of rotatable bonds is 4. The number of amides is 1. The summed E-state index contributed by atoms with van der Waals surface area (Å²) in [4.78, 5) is 14.2. The summed E-state index contributed by atoms with van der Waals surface area (Å²) in [6.45, 7) is 4.97. The van der Waals surface area contributed by atoms with Crippen LogP contribution in [0.1, 0.15) is 12.5 Å². The van der Waals surface area contributed by atoms with Gasteiger partial charge in [0.25, 0.3) is 0 Å². The Bertz CT molecular complexity index is 461. The Morgan fingerprint density at radius 1 is 1.60 bits per heavy atom. The Kier molecular flexibility index (Phi) is 5.39. The average Bonchev–Trinajstić information content (AvgIpc) is 2.44. The number of morpholine rings is 1. The molecule has 0 saturated carbocycles. The van der Waals surface area contributed by atoms with E-state index in [1.54, 1.807) is 0 Å². The SMILES string of the molecule is CCNC(=O)C1COCCN1Cc1c(N)cccc1Br. The highest BCUT2D eigenvalue weighted by Gasteiger charge is 2.29. The van der Waals surface area contributed by atoms with Gasteiger partial charge in [-0.2, -0.15) is 0 Å². The fourth-order valence-corrected chi connectivity index (χ4v) is 2.81. The monoisotopic (exact) mass is 341 g/mol. The largest absolute Gasteiger partial charge is 0.398 e. The Morgan fingerprint density at radius 2 is 2.40 bits per heavy atom. The molecule has 6 heteroatoms. The summed E-state index contributed by atoms with van der Waals surface area (Å²) in [5.41, 5.74) is 7.78. The highest BCUT2D eigenvalue weighted by Crippen LogP contribution is 2.25. The smallest absolute Gasteiger partial charge is 0.239 e. The number of ether oxygens (including phenoxy) is 1. The van der Waals surface area contributed by atoms with E-state index in [1.807, 2.05) is 25.1 Å². The molecule has 1 aliphatic rings. The minimum atomic E-state index is -0.254. The predicted molar refractivity (Wildman–Crippen MR) is 82.3 cm³/mol. The van der Waals surface area contributed by atoms with Crippen LogP contribution in [0.4, 0.5) is 5.69 Å². The molecule has 1 saturated heterocycles. The third kappa shape index (κ3) is 3.50. The normalized spacial score (nSPS) is 19.8. The Morgan fingerprint density at radius 3 is 3.10 bits per heavy atom. The van der Waals surface area contributed by atoms with Gasteiger partial charge in [-0.1, -0.05) is 22.0 Å². The number of halogens is 1. The van der Waals surface area contributed by atoms with Crippen LogP contribution in [0.5, 0.6) is 0 Å². The molecule has 1 aromatic rings. The van der Waals surface area contributed by atoms with Gasteiger partial charge in [-0.25, -0.2) is 0 Å². The van der Waals surface area contributed by atoms with Crippen LogP contribution >= 0.6 is 15.9 Å². The molecule has 1 amide bonds. The van der Waals surface area contributed by atoms with Gasteiger partial charge in [0, 0.05) is 35.4 Å². The first-order valence-corrected chi connectivity index (χ1v) is 7.55. The minimum Gasteiger partial charge on any atom is -0.398 e. The highest BCUT2D eigenvalue weighted by molar-refractivity contribution is 9.10. The lowest BCUT2D eigenvalue weighted by Gasteiger charge is -2.34. The maximum Gasteiger partial charge on any atom is 0.239 e. The van der Waals surface area contributed by atoms with Crippen molar-refractivity contribution in [1.82, 2.24) is 10.2 Å². The highest BCUT2D eigenvalue weighted by atomic mass is 79.9. The molecule has 0 aliphatic carbocycles. The van der Waals surface area contributed by atoms with Crippen LogP contribution < -0.4 is 11.1 Å². The van der Waals surface area contributed by atoms with Crippen molar-refractivity contribution in [2.75, 3.05) is 32.0 Å². The van der Waals surface area contributed by atoms with E-state index in [0.29, 0.717) is 26.3 Å². The molecule has 0 aromatic heterocycles. The first-order valence-electron chi connectivity index (χ1n) is 6.75. The van der Waals surface area contributed by atoms with Crippen molar-refractivity contribution in [3.05, 3.63) is 28.2 Å². The number of nitrogens with zero attached hydrogens (tertiary/aromatic N) is 1. The van der Waals surface area contributed by atoms with E-state index >= 15 is 0 Å². The lowest BCUT2D eigenvalue weighted by Crippen LogP contribution is -2.53. The van der Waals surface area contributed by atoms with Crippen LogP contribution in [-0.4, -0.2) is 43.2 Å². The fourth-order valence-electron chi connectivity index (χ4n) is 2.31. The first kappa shape index (κ1) is 15.3. The van der Waals surface area contributed by atoms with E-state index in [1.165, 1.54) is 0 Å². The fraction of sp³-hybridized carbons (Fsp3) is 0.500. The molecule has 0 bridgehead atoms. The molecule has 1 aromatic carbocycles. The number of likely N-dealkylation sites (N-methyl/N-ethyl adjacent to an activating group) is 1. The summed E-state index contributed by atoms with van der Waals surface area (Å²) in [5.74, 6) is 0.0119. The van der Waals surface area contributed by atoms with Crippen LogP contribution in [0.15, 0.2) is 22.7 Å². The lowest BCUT2D eigenvalue weighted by atomic mass is 10.1. The summed E-state index contributed by atoms with van der Waals surface area (Å²) in [6.07, 6.45) is 0. The Hall–Kier alpha value is -1.11. The van der Waals surface area contributed by atoms with Crippen LogP contribution in [0.2, 0.25) is 0 Å². The van der Waals surface area contributed by atoms with Gasteiger partial charge >= 0.3 is 0 Å². The average molecular weight is 342 g/mol. The number of nitrogens with one attached hydrogen (secondary N) is 1. The van der Waals surface area contributed by atoms with Gasteiger partial charge in [0.05, 0.1) is 13.2 Å². The van der Waals surface area contributed by atoms with Gasteiger partial charge in [0.15, 0.2) is 0 Å². The van der Waals surface area contributed by atoms with Crippen molar-refractivity contribution in [1.29, 1.82) is 0 Å². The number of carbonyl (C=O) groups is 1. The maximum absolute atomic E-state index is 12.1. The van der Waals surface area contributed by atoms with Crippen LogP contribution in [0.25, 0.3) is 0 Å². The van der Waals surface area contributed by atoms with Crippen LogP contribution in [0, 0.1) is 0 Å². The minimum absolute atomic E-state index is 0.0119. The van der Waals surface area contributed by atoms with E-state index in [9.17, 15) is 4.79 Å². The molecule has 0 radical (unpaired) electrons. The Labute approximate surface area is 127 Å². The van der Waals surface area contributed by atoms with Crippen molar-refractivity contribution in [2.45, 2.75) is 19.5 Å². The summed E-state index contributed by atoms with van der Waals surface area (Å²) in [6, 6.07) is 5.49. The van der Waals surface area contributed by atoms with Crippen molar-refractivity contribution in [3.8, 4) is 0 Å². The summed E-state index contributed by atoms with van der Waals surface area (Å²) in [7, 11) is 0. The zero-order chi connectivity index (χ0) is 14.5. The number of nitrogen functional groups attached to an aromatic ring is 1. The molecule has 110 valence electrons. The van der Waals surface area contributed by atoms with Crippen molar-refractivity contribution < 1.29 is 9.53 Å². The second kappa shape index (κ2) is 7.06. The van der Waals surface area contributed by atoms with Gasteiger partial charge in [0.2, 0.25) is 5.91 Å². The van der Waals surface area contributed by atoms with Crippen molar-refractivity contribution in [2.24, 2.45) is 0 Å². The van der Waals surface area contributed by atoms with E-state index in [-0.39, 0.29) is 11.9 Å². The molecular weight excluding hydrogens is 322 g/mol. The molecule has 5 nitrogen and oxygen atoms in total. The number of hydrogen-bond acceptors (Lipinski definition) is 4. The lowest BCUT2D eigenvalue weighted by molar-refractivity contribution is -0.132. The van der Waals surface area contributed by atoms with Crippen molar-refractivity contribution in [3.63, 3.8) is 0 Å². The molecule has 2 rings (SSSR count). The van der Waals surface area contributed by atoms with Gasteiger partial charge in [-0.3, -0.25) is 9.69 Å². The van der Waals surface area contributed by atoms with Gasteiger partial charge in [0.1, 0.15) is 6.04 Å². The number of hydrogen-bond donors (Lipinski definition) is 2. The molecule has 1 unspecified atom stereocenters. The van der Waals surface area contributed by atoms with E-state index in [4.69, 9.17) is 10.5 Å². The molecule has 1 fully saturated rings. The van der Waals surface area contributed by atoms with Crippen LogP contribution in [0.3, 0.4) is 0 Å². The summed E-state index contributed by atoms with van der Waals surface area (Å²) in [5, 5.41) is 2.86. The zero-order valence-corrected chi connectivity index (χ0v) is 13.1. The van der Waals surface area contributed by atoms with Crippen LogP contribution in [-0.2, 0) is 16.1 Å². The molecule has 0 spiro atoms. The molecule has 3 N–H and O–H groups in total. The predicted octanol–water partition coefficient (Wildman–Crippen LogP) is 1.37. The standard InChI is InChI=1S/C14H20BrN3O2/c1-2-17-14(19)13-9-20-7-6-18(13)8-10-11(15)4-3-5-12(10)16/h3-5,13H,2,6-9,16H2,1H3,(H,17,19). The van der Waals surface area contributed by atoms with Gasteiger partial charge in [-0.05, 0) is 19.1 Å². The third-order valence-corrected chi connectivity index (χ3v) is 4.15. The second-order valence-electron chi connectivity index (χ2n) is 4.76. The van der Waals surface area contributed by atoms with Gasteiger partial charge in [-0.15, -0.1) is 0 Å². The molecule has 1 aliphatic heterocycles. The van der Waals surface area contributed by atoms with Gasteiger partial charge < -0.3 is 15.8 Å². The first-order chi connectivity index (χ1) is 9.63. The molecule has 1 atom stereocenters.